The van der Waals surface area contributed by atoms with Crippen LogP contribution in [0, 0.1) is 5.92 Å². The van der Waals surface area contributed by atoms with Crippen molar-refractivity contribution in [1.82, 2.24) is 14.8 Å². The van der Waals surface area contributed by atoms with E-state index in [1.807, 2.05) is 11.7 Å². The molecule has 1 atom stereocenters. The molecule has 4 heteroatoms. The van der Waals surface area contributed by atoms with Crippen LogP contribution < -0.4 is 5.73 Å². The van der Waals surface area contributed by atoms with E-state index in [9.17, 15) is 0 Å². The maximum atomic E-state index is 6.30. The second kappa shape index (κ2) is 5.43. The van der Waals surface area contributed by atoms with Gasteiger partial charge in [-0.05, 0) is 18.8 Å². The molecule has 1 aliphatic rings. The molecule has 16 heavy (non-hydrogen) atoms. The summed E-state index contributed by atoms with van der Waals surface area (Å²) in [4.78, 5) is 4.25. The van der Waals surface area contributed by atoms with Gasteiger partial charge in [-0.2, -0.15) is 5.10 Å². The zero-order valence-corrected chi connectivity index (χ0v) is 10.1. The van der Waals surface area contributed by atoms with Crippen LogP contribution in [-0.2, 0) is 13.5 Å². The Labute approximate surface area is 97.2 Å². The topological polar surface area (TPSA) is 56.7 Å². The van der Waals surface area contributed by atoms with Crippen molar-refractivity contribution in [3.8, 4) is 0 Å². The average molecular weight is 222 g/mol. The van der Waals surface area contributed by atoms with Gasteiger partial charge in [0.25, 0.3) is 0 Å². The Bertz CT molecular complexity index is 313. The summed E-state index contributed by atoms with van der Waals surface area (Å²) in [6.07, 6.45) is 10.5. The van der Waals surface area contributed by atoms with E-state index in [4.69, 9.17) is 5.73 Å². The summed E-state index contributed by atoms with van der Waals surface area (Å²) in [6.45, 7) is 0. The van der Waals surface area contributed by atoms with E-state index in [0.717, 1.165) is 12.2 Å². The van der Waals surface area contributed by atoms with E-state index in [0.29, 0.717) is 5.92 Å². The first-order valence-electron chi connectivity index (χ1n) is 6.36. The fourth-order valence-corrected chi connectivity index (χ4v) is 2.62. The highest BCUT2D eigenvalue weighted by molar-refractivity contribution is 4.90. The van der Waals surface area contributed by atoms with Crippen LogP contribution in [0.25, 0.3) is 0 Å². The Morgan fingerprint density at radius 2 is 2.06 bits per heavy atom. The molecule has 1 fully saturated rings. The monoisotopic (exact) mass is 222 g/mol. The van der Waals surface area contributed by atoms with Crippen molar-refractivity contribution in [2.45, 2.75) is 51.0 Å². The van der Waals surface area contributed by atoms with Gasteiger partial charge in [0.15, 0.2) is 0 Å². The number of aromatic nitrogens is 3. The lowest BCUT2D eigenvalue weighted by Gasteiger charge is -2.21. The maximum absolute atomic E-state index is 6.30. The van der Waals surface area contributed by atoms with Gasteiger partial charge in [0.05, 0.1) is 0 Å². The normalized spacial score (nSPS) is 20.6. The van der Waals surface area contributed by atoms with E-state index in [1.165, 1.54) is 38.5 Å². The van der Waals surface area contributed by atoms with E-state index < -0.39 is 0 Å². The summed E-state index contributed by atoms with van der Waals surface area (Å²) >= 11 is 0. The second-order valence-electron chi connectivity index (χ2n) is 4.92. The molecule has 0 bridgehead atoms. The zero-order chi connectivity index (χ0) is 11.4. The number of hydrogen-bond acceptors (Lipinski definition) is 3. The highest BCUT2D eigenvalue weighted by Gasteiger charge is 2.21. The Hall–Kier alpha value is -0.900. The smallest absolute Gasteiger partial charge is 0.138 e. The van der Waals surface area contributed by atoms with Crippen molar-refractivity contribution in [3.63, 3.8) is 0 Å². The Morgan fingerprint density at radius 3 is 2.62 bits per heavy atom. The molecule has 0 radical (unpaired) electrons. The quantitative estimate of drug-likeness (QED) is 0.791. The lowest BCUT2D eigenvalue weighted by molar-refractivity contribution is 0.365. The number of nitrogens with two attached hydrogens (primary N) is 1. The SMILES string of the molecule is Cn1ncnc1CC(N)C1CCCCCC1. The van der Waals surface area contributed by atoms with Gasteiger partial charge in [0.2, 0.25) is 0 Å². The van der Waals surface area contributed by atoms with Crippen LogP contribution in [0.15, 0.2) is 6.33 Å². The highest BCUT2D eigenvalue weighted by Crippen LogP contribution is 2.25. The second-order valence-corrected chi connectivity index (χ2v) is 4.92. The summed E-state index contributed by atoms with van der Waals surface area (Å²) in [5.41, 5.74) is 6.30. The van der Waals surface area contributed by atoms with E-state index >= 15 is 0 Å². The fourth-order valence-electron chi connectivity index (χ4n) is 2.62. The van der Waals surface area contributed by atoms with Crippen LogP contribution in [0.3, 0.4) is 0 Å². The van der Waals surface area contributed by atoms with Crippen LogP contribution in [0.2, 0.25) is 0 Å². The number of rotatable bonds is 3. The third kappa shape index (κ3) is 2.82. The third-order valence-corrected chi connectivity index (χ3v) is 3.73. The summed E-state index contributed by atoms with van der Waals surface area (Å²) in [7, 11) is 1.93. The maximum Gasteiger partial charge on any atom is 0.138 e. The first-order valence-corrected chi connectivity index (χ1v) is 6.36. The van der Waals surface area contributed by atoms with Crippen molar-refractivity contribution in [2.75, 3.05) is 0 Å². The van der Waals surface area contributed by atoms with Gasteiger partial charge in [-0.15, -0.1) is 0 Å². The Morgan fingerprint density at radius 1 is 1.38 bits per heavy atom. The largest absolute Gasteiger partial charge is 0.327 e. The molecule has 1 unspecified atom stereocenters. The van der Waals surface area contributed by atoms with Crippen LogP contribution in [0.5, 0.6) is 0 Å². The molecule has 90 valence electrons. The number of nitrogens with zero attached hydrogens (tertiary/aromatic N) is 3. The molecule has 1 saturated carbocycles. The molecule has 1 heterocycles. The minimum atomic E-state index is 0.251. The molecule has 1 aliphatic carbocycles. The summed E-state index contributed by atoms with van der Waals surface area (Å²) in [6, 6.07) is 0.251. The fraction of sp³-hybridized carbons (Fsp3) is 0.833. The van der Waals surface area contributed by atoms with Crippen molar-refractivity contribution in [1.29, 1.82) is 0 Å². The molecule has 0 amide bonds. The summed E-state index contributed by atoms with van der Waals surface area (Å²) in [5.74, 6) is 1.69. The molecule has 0 saturated heterocycles. The Balaban J connectivity index is 1.91. The van der Waals surface area contributed by atoms with Gasteiger partial charge in [-0.25, -0.2) is 4.98 Å². The first kappa shape index (κ1) is 11.6. The summed E-state index contributed by atoms with van der Waals surface area (Å²) in [5, 5.41) is 4.08. The van der Waals surface area contributed by atoms with E-state index in [1.54, 1.807) is 6.33 Å². The molecule has 0 spiro atoms. The molecular weight excluding hydrogens is 200 g/mol. The predicted molar refractivity (Wildman–Crippen MR) is 63.9 cm³/mol. The molecule has 0 aliphatic heterocycles. The van der Waals surface area contributed by atoms with Gasteiger partial charge < -0.3 is 5.73 Å². The van der Waals surface area contributed by atoms with E-state index in [-0.39, 0.29) is 6.04 Å². The molecular formula is C12H22N4. The molecule has 2 rings (SSSR count). The molecule has 0 aromatic carbocycles. The van der Waals surface area contributed by atoms with Gasteiger partial charge in [-0.3, -0.25) is 4.68 Å². The molecule has 1 aromatic rings. The Kier molecular flexibility index (Phi) is 3.93. The van der Waals surface area contributed by atoms with Gasteiger partial charge in [-0.1, -0.05) is 25.7 Å². The zero-order valence-electron chi connectivity index (χ0n) is 10.1. The third-order valence-electron chi connectivity index (χ3n) is 3.73. The standard InChI is InChI=1S/C12H22N4/c1-16-12(14-9-15-16)8-11(13)10-6-4-2-3-5-7-10/h9-11H,2-8,13H2,1H3. The number of aryl methyl sites for hydroxylation is 1. The van der Waals surface area contributed by atoms with Crippen LogP contribution in [0.4, 0.5) is 0 Å². The van der Waals surface area contributed by atoms with Crippen molar-refractivity contribution >= 4 is 0 Å². The first-order chi connectivity index (χ1) is 7.77. The lowest BCUT2D eigenvalue weighted by Crippen LogP contribution is -2.33. The van der Waals surface area contributed by atoms with Crippen molar-refractivity contribution in [2.24, 2.45) is 18.7 Å². The number of hydrogen-bond donors (Lipinski definition) is 1. The van der Waals surface area contributed by atoms with Gasteiger partial charge in [0, 0.05) is 19.5 Å². The molecule has 2 N–H and O–H groups in total. The molecule has 1 aromatic heterocycles. The molecule has 4 nitrogen and oxygen atoms in total. The van der Waals surface area contributed by atoms with Crippen molar-refractivity contribution in [3.05, 3.63) is 12.2 Å². The lowest BCUT2D eigenvalue weighted by atomic mass is 9.90. The van der Waals surface area contributed by atoms with Crippen LogP contribution in [-0.4, -0.2) is 20.8 Å². The summed E-state index contributed by atoms with van der Waals surface area (Å²) < 4.78 is 1.83. The minimum absolute atomic E-state index is 0.251. The van der Waals surface area contributed by atoms with Crippen LogP contribution in [0.1, 0.15) is 44.3 Å². The van der Waals surface area contributed by atoms with Crippen LogP contribution >= 0.6 is 0 Å². The minimum Gasteiger partial charge on any atom is -0.327 e. The van der Waals surface area contributed by atoms with Crippen molar-refractivity contribution < 1.29 is 0 Å². The average Bonchev–Trinajstić information content (AvgIpc) is 2.57. The predicted octanol–water partition coefficient (Wildman–Crippen LogP) is 1.66. The van der Waals surface area contributed by atoms with Gasteiger partial charge in [0.1, 0.15) is 12.2 Å². The van der Waals surface area contributed by atoms with Gasteiger partial charge >= 0.3 is 0 Å². The highest BCUT2D eigenvalue weighted by atomic mass is 15.3. The van der Waals surface area contributed by atoms with E-state index in [2.05, 4.69) is 10.1 Å².